The van der Waals surface area contributed by atoms with Gasteiger partial charge in [0.2, 0.25) is 0 Å². The summed E-state index contributed by atoms with van der Waals surface area (Å²) in [5.41, 5.74) is 4.39. The van der Waals surface area contributed by atoms with Crippen molar-refractivity contribution in [3.05, 3.63) is 17.8 Å². The zero-order chi connectivity index (χ0) is 12.9. The Morgan fingerprint density at radius 3 is 2.71 bits per heavy atom. The molecule has 94 valence electrons. The van der Waals surface area contributed by atoms with Crippen LogP contribution in [0.3, 0.4) is 0 Å². The molecule has 0 saturated carbocycles. The Kier molecular flexibility index (Phi) is 4.39. The predicted octanol–water partition coefficient (Wildman–Crippen LogP) is 0.538. The Hall–Kier alpha value is -1.69. The van der Waals surface area contributed by atoms with Gasteiger partial charge >= 0.3 is 0 Å². The summed E-state index contributed by atoms with van der Waals surface area (Å²) in [6, 6.07) is 3.10. The van der Waals surface area contributed by atoms with Gasteiger partial charge in [-0.3, -0.25) is 4.79 Å². The zero-order valence-corrected chi connectivity index (χ0v) is 10.1. The van der Waals surface area contributed by atoms with Gasteiger partial charge in [-0.05, 0) is 25.5 Å². The van der Waals surface area contributed by atoms with E-state index in [9.17, 15) is 9.90 Å². The van der Waals surface area contributed by atoms with Crippen LogP contribution in [-0.2, 0) is 0 Å². The van der Waals surface area contributed by atoms with Crippen LogP contribution in [0, 0.1) is 0 Å². The molecule has 1 rings (SSSR count). The number of nitrogens with one attached hydrogen (secondary N) is 1. The van der Waals surface area contributed by atoms with Gasteiger partial charge in [-0.2, -0.15) is 0 Å². The maximum atomic E-state index is 10.8. The van der Waals surface area contributed by atoms with Gasteiger partial charge in [0.25, 0.3) is 5.91 Å². The van der Waals surface area contributed by atoms with E-state index in [-0.39, 0.29) is 5.69 Å². The van der Waals surface area contributed by atoms with Gasteiger partial charge in [-0.1, -0.05) is 13.3 Å². The molecule has 4 N–H and O–H groups in total. The first-order chi connectivity index (χ1) is 7.94. The van der Waals surface area contributed by atoms with Crippen LogP contribution < -0.4 is 11.1 Å². The summed E-state index contributed by atoms with van der Waals surface area (Å²) in [5, 5.41) is 20.3. The lowest BCUT2D eigenvalue weighted by Gasteiger charge is -2.22. The van der Waals surface area contributed by atoms with Crippen molar-refractivity contribution in [1.29, 1.82) is 0 Å². The van der Waals surface area contributed by atoms with Crippen LogP contribution in [0.1, 0.15) is 37.2 Å². The highest BCUT2D eigenvalue weighted by atomic mass is 16.3. The van der Waals surface area contributed by atoms with E-state index in [1.165, 1.54) is 6.07 Å². The summed E-state index contributed by atoms with van der Waals surface area (Å²) in [5.74, 6) is -0.103. The zero-order valence-electron chi connectivity index (χ0n) is 10.1. The molecule has 0 aliphatic rings. The van der Waals surface area contributed by atoms with Gasteiger partial charge in [-0.15, -0.1) is 10.2 Å². The molecular weight excluding hydrogens is 220 g/mol. The maximum absolute atomic E-state index is 10.8. The largest absolute Gasteiger partial charge is 0.388 e. The fourth-order valence-corrected chi connectivity index (χ4v) is 1.47. The number of nitrogens with zero attached hydrogens (tertiary/aromatic N) is 2. The van der Waals surface area contributed by atoms with Crippen LogP contribution in [-0.4, -0.2) is 33.4 Å². The minimum atomic E-state index is -0.779. The second-order valence-corrected chi connectivity index (χ2v) is 4.27. The molecule has 1 amide bonds. The van der Waals surface area contributed by atoms with E-state index in [1.807, 2.05) is 6.92 Å². The van der Waals surface area contributed by atoms with Crippen LogP contribution in [0.2, 0.25) is 0 Å². The monoisotopic (exact) mass is 238 g/mol. The molecule has 0 bridgehead atoms. The number of nitrogens with two attached hydrogens (primary N) is 1. The predicted molar refractivity (Wildman–Crippen MR) is 64.6 cm³/mol. The van der Waals surface area contributed by atoms with Gasteiger partial charge in [-0.25, -0.2) is 0 Å². The van der Waals surface area contributed by atoms with Crippen LogP contribution >= 0.6 is 0 Å². The van der Waals surface area contributed by atoms with E-state index in [1.54, 1.807) is 13.0 Å². The van der Waals surface area contributed by atoms with Crippen LogP contribution in [0.4, 0.5) is 5.82 Å². The average Bonchev–Trinajstić information content (AvgIpc) is 2.27. The smallest absolute Gasteiger partial charge is 0.269 e. The van der Waals surface area contributed by atoms with Gasteiger partial charge in [0, 0.05) is 6.54 Å². The van der Waals surface area contributed by atoms with Crippen molar-refractivity contribution in [2.75, 3.05) is 11.9 Å². The van der Waals surface area contributed by atoms with Crippen molar-refractivity contribution >= 4 is 11.7 Å². The van der Waals surface area contributed by atoms with E-state index in [0.29, 0.717) is 18.8 Å². The normalized spacial score (nSPS) is 14.1. The number of amides is 1. The summed E-state index contributed by atoms with van der Waals surface area (Å²) in [6.45, 7) is 4.15. The number of aromatic nitrogens is 2. The molecule has 6 nitrogen and oxygen atoms in total. The van der Waals surface area contributed by atoms with Gasteiger partial charge in [0.05, 0.1) is 5.60 Å². The molecule has 0 radical (unpaired) electrons. The van der Waals surface area contributed by atoms with Crippen molar-refractivity contribution in [2.24, 2.45) is 5.73 Å². The quantitative estimate of drug-likeness (QED) is 0.671. The third-order valence-electron chi connectivity index (χ3n) is 2.36. The molecule has 0 spiro atoms. The molecule has 1 unspecified atom stereocenters. The number of primary amides is 1. The Morgan fingerprint density at radius 2 is 2.24 bits per heavy atom. The SMILES string of the molecule is CCCC(C)(O)CNc1ccc(C(N)=O)nn1. The highest BCUT2D eigenvalue weighted by Crippen LogP contribution is 2.12. The number of hydrogen-bond acceptors (Lipinski definition) is 5. The summed E-state index contributed by atoms with van der Waals surface area (Å²) < 4.78 is 0. The van der Waals surface area contributed by atoms with Crippen molar-refractivity contribution in [2.45, 2.75) is 32.3 Å². The lowest BCUT2D eigenvalue weighted by molar-refractivity contribution is 0.0635. The van der Waals surface area contributed by atoms with Crippen molar-refractivity contribution in [1.82, 2.24) is 10.2 Å². The van der Waals surface area contributed by atoms with E-state index in [2.05, 4.69) is 15.5 Å². The summed E-state index contributed by atoms with van der Waals surface area (Å²) in [6.07, 6.45) is 1.60. The third kappa shape index (κ3) is 4.36. The van der Waals surface area contributed by atoms with E-state index < -0.39 is 11.5 Å². The molecule has 0 saturated heterocycles. The van der Waals surface area contributed by atoms with Gasteiger partial charge in [0.15, 0.2) is 5.69 Å². The first-order valence-electron chi connectivity index (χ1n) is 5.54. The number of rotatable bonds is 6. The molecular formula is C11H18N4O2. The highest BCUT2D eigenvalue weighted by molar-refractivity contribution is 5.90. The third-order valence-corrected chi connectivity index (χ3v) is 2.36. The molecule has 1 heterocycles. The highest BCUT2D eigenvalue weighted by Gasteiger charge is 2.18. The molecule has 17 heavy (non-hydrogen) atoms. The molecule has 0 fully saturated rings. The van der Waals surface area contributed by atoms with Gasteiger partial charge < -0.3 is 16.2 Å². The minimum Gasteiger partial charge on any atom is -0.388 e. The van der Waals surface area contributed by atoms with E-state index in [0.717, 1.165) is 6.42 Å². The molecule has 6 heteroatoms. The van der Waals surface area contributed by atoms with Gasteiger partial charge in [0.1, 0.15) is 5.82 Å². The summed E-state index contributed by atoms with van der Waals surface area (Å²) >= 11 is 0. The van der Waals surface area contributed by atoms with Crippen LogP contribution in [0.15, 0.2) is 12.1 Å². The van der Waals surface area contributed by atoms with E-state index >= 15 is 0 Å². The Labute approximate surface area is 100 Å². The Morgan fingerprint density at radius 1 is 1.53 bits per heavy atom. The summed E-state index contributed by atoms with van der Waals surface area (Å²) in [7, 11) is 0. The molecule has 0 aliphatic heterocycles. The van der Waals surface area contributed by atoms with Crippen molar-refractivity contribution in [3.8, 4) is 0 Å². The molecule has 1 aromatic heterocycles. The van der Waals surface area contributed by atoms with E-state index in [4.69, 9.17) is 5.73 Å². The minimum absolute atomic E-state index is 0.121. The maximum Gasteiger partial charge on any atom is 0.269 e. The average molecular weight is 238 g/mol. The fourth-order valence-electron chi connectivity index (χ4n) is 1.47. The molecule has 0 aromatic carbocycles. The lowest BCUT2D eigenvalue weighted by atomic mass is 10.0. The first kappa shape index (κ1) is 13.4. The molecule has 1 atom stereocenters. The number of carbonyl (C=O) groups excluding carboxylic acids is 1. The Bertz CT molecular complexity index is 376. The second-order valence-electron chi connectivity index (χ2n) is 4.27. The topological polar surface area (TPSA) is 101 Å². The van der Waals surface area contributed by atoms with Crippen molar-refractivity contribution < 1.29 is 9.90 Å². The van der Waals surface area contributed by atoms with Crippen molar-refractivity contribution in [3.63, 3.8) is 0 Å². The first-order valence-corrected chi connectivity index (χ1v) is 5.54. The standard InChI is InChI=1S/C11H18N4O2/c1-3-6-11(2,17)7-13-9-5-4-8(10(12)16)14-15-9/h4-5,17H,3,6-7H2,1-2H3,(H2,12,16)(H,13,15). The number of hydrogen-bond donors (Lipinski definition) is 3. The second kappa shape index (κ2) is 5.58. The van der Waals surface area contributed by atoms with Crippen LogP contribution in [0.25, 0.3) is 0 Å². The summed E-state index contributed by atoms with van der Waals surface area (Å²) in [4.78, 5) is 10.8. The lowest BCUT2D eigenvalue weighted by Crippen LogP contribution is -2.33. The van der Waals surface area contributed by atoms with Crippen LogP contribution in [0.5, 0.6) is 0 Å². The fraction of sp³-hybridized carbons (Fsp3) is 0.545. The Balaban J connectivity index is 2.55. The molecule has 0 aliphatic carbocycles. The number of carbonyl (C=O) groups is 1. The molecule has 1 aromatic rings. The number of anilines is 1. The number of aliphatic hydroxyl groups is 1.